The molecule has 0 aliphatic rings. The van der Waals surface area contributed by atoms with Gasteiger partial charge in [-0.25, -0.2) is 0 Å². The Morgan fingerprint density at radius 3 is 2.29 bits per heavy atom. The standard InChI is InChI=1S/C13H21N3O/c1-5-13(2,14)12(17)15-10-6-8-11(9-7-10)16(3)4/h6-9H,5,14H2,1-4H3,(H,15,17). The van der Waals surface area contributed by atoms with Gasteiger partial charge in [0.25, 0.3) is 0 Å². The summed E-state index contributed by atoms with van der Waals surface area (Å²) in [6.07, 6.45) is 0.606. The highest BCUT2D eigenvalue weighted by molar-refractivity contribution is 5.97. The number of carbonyl (C=O) groups excluding carboxylic acids is 1. The van der Waals surface area contributed by atoms with Crippen molar-refractivity contribution in [1.82, 2.24) is 0 Å². The first kappa shape index (κ1) is 13.5. The highest BCUT2D eigenvalue weighted by atomic mass is 16.2. The molecule has 0 saturated heterocycles. The summed E-state index contributed by atoms with van der Waals surface area (Å²) in [5, 5.41) is 2.82. The SMILES string of the molecule is CCC(C)(N)C(=O)Nc1ccc(N(C)C)cc1. The summed E-state index contributed by atoms with van der Waals surface area (Å²) in [5.41, 5.74) is 6.91. The molecule has 0 aliphatic carbocycles. The van der Waals surface area contributed by atoms with Crippen molar-refractivity contribution in [3.63, 3.8) is 0 Å². The van der Waals surface area contributed by atoms with Crippen molar-refractivity contribution in [2.75, 3.05) is 24.3 Å². The van der Waals surface area contributed by atoms with Crippen molar-refractivity contribution in [2.45, 2.75) is 25.8 Å². The molecule has 0 bridgehead atoms. The Balaban J connectivity index is 2.73. The number of rotatable bonds is 4. The molecule has 0 fully saturated rings. The van der Waals surface area contributed by atoms with Gasteiger partial charge in [-0.15, -0.1) is 0 Å². The zero-order valence-electron chi connectivity index (χ0n) is 10.9. The molecule has 3 N–H and O–H groups in total. The topological polar surface area (TPSA) is 58.4 Å². The second-order valence-electron chi connectivity index (χ2n) is 4.67. The lowest BCUT2D eigenvalue weighted by Gasteiger charge is -2.21. The van der Waals surface area contributed by atoms with Crippen LogP contribution in [-0.4, -0.2) is 25.5 Å². The van der Waals surface area contributed by atoms with Crippen molar-refractivity contribution in [2.24, 2.45) is 5.73 Å². The van der Waals surface area contributed by atoms with Crippen LogP contribution in [0.15, 0.2) is 24.3 Å². The highest BCUT2D eigenvalue weighted by Crippen LogP contribution is 2.17. The Labute approximate surface area is 103 Å². The number of nitrogens with one attached hydrogen (secondary N) is 1. The second kappa shape index (κ2) is 5.19. The zero-order valence-corrected chi connectivity index (χ0v) is 10.9. The van der Waals surface area contributed by atoms with Crippen LogP contribution in [0, 0.1) is 0 Å². The van der Waals surface area contributed by atoms with Gasteiger partial charge in [-0.1, -0.05) is 6.92 Å². The number of nitrogens with zero attached hydrogens (tertiary/aromatic N) is 1. The summed E-state index contributed by atoms with van der Waals surface area (Å²) in [4.78, 5) is 13.8. The average Bonchev–Trinajstić information content (AvgIpc) is 2.29. The van der Waals surface area contributed by atoms with E-state index in [0.717, 1.165) is 11.4 Å². The van der Waals surface area contributed by atoms with E-state index in [4.69, 9.17) is 5.73 Å². The van der Waals surface area contributed by atoms with Crippen LogP contribution in [0.4, 0.5) is 11.4 Å². The minimum Gasteiger partial charge on any atom is -0.378 e. The number of anilines is 2. The first-order chi connectivity index (χ1) is 7.86. The summed E-state index contributed by atoms with van der Waals surface area (Å²) in [7, 11) is 3.95. The van der Waals surface area contributed by atoms with Crippen LogP contribution in [-0.2, 0) is 4.79 Å². The Kier molecular flexibility index (Phi) is 4.12. The maximum atomic E-state index is 11.8. The Morgan fingerprint density at radius 1 is 1.35 bits per heavy atom. The van der Waals surface area contributed by atoms with E-state index >= 15 is 0 Å². The third-order valence-corrected chi connectivity index (χ3v) is 2.89. The van der Waals surface area contributed by atoms with Crippen LogP contribution < -0.4 is 16.0 Å². The van der Waals surface area contributed by atoms with Crippen LogP contribution in [0.5, 0.6) is 0 Å². The van der Waals surface area contributed by atoms with Gasteiger partial charge in [-0.05, 0) is 37.6 Å². The van der Waals surface area contributed by atoms with E-state index < -0.39 is 5.54 Å². The number of nitrogens with two attached hydrogens (primary N) is 1. The van der Waals surface area contributed by atoms with Crippen molar-refractivity contribution < 1.29 is 4.79 Å². The molecule has 4 heteroatoms. The summed E-state index contributed by atoms with van der Waals surface area (Å²) >= 11 is 0. The molecule has 4 nitrogen and oxygen atoms in total. The molecule has 0 heterocycles. The Morgan fingerprint density at radius 2 is 1.88 bits per heavy atom. The Bertz CT molecular complexity index is 382. The quantitative estimate of drug-likeness (QED) is 0.837. The second-order valence-corrected chi connectivity index (χ2v) is 4.67. The van der Waals surface area contributed by atoms with E-state index in [2.05, 4.69) is 5.32 Å². The van der Waals surface area contributed by atoms with Crippen LogP contribution in [0.3, 0.4) is 0 Å². The number of hydrogen-bond donors (Lipinski definition) is 2. The fraction of sp³-hybridized carbons (Fsp3) is 0.462. The van der Waals surface area contributed by atoms with E-state index in [1.54, 1.807) is 6.92 Å². The molecule has 0 aliphatic heterocycles. The molecule has 1 amide bonds. The molecule has 0 radical (unpaired) electrons. The van der Waals surface area contributed by atoms with Crippen LogP contribution in [0.2, 0.25) is 0 Å². The maximum absolute atomic E-state index is 11.8. The molecule has 94 valence electrons. The van der Waals surface area contributed by atoms with Gasteiger partial charge in [-0.3, -0.25) is 4.79 Å². The summed E-state index contributed by atoms with van der Waals surface area (Å²) < 4.78 is 0. The number of hydrogen-bond acceptors (Lipinski definition) is 3. The fourth-order valence-corrected chi connectivity index (χ4v) is 1.28. The van der Waals surface area contributed by atoms with E-state index in [-0.39, 0.29) is 5.91 Å². The van der Waals surface area contributed by atoms with Crippen LogP contribution >= 0.6 is 0 Å². The van der Waals surface area contributed by atoms with Gasteiger partial charge in [0.15, 0.2) is 0 Å². The van der Waals surface area contributed by atoms with Gasteiger partial charge in [0.05, 0.1) is 5.54 Å². The smallest absolute Gasteiger partial charge is 0.244 e. The van der Waals surface area contributed by atoms with E-state index in [1.807, 2.05) is 50.2 Å². The highest BCUT2D eigenvalue weighted by Gasteiger charge is 2.25. The lowest BCUT2D eigenvalue weighted by Crippen LogP contribution is -2.47. The van der Waals surface area contributed by atoms with E-state index in [0.29, 0.717) is 6.42 Å². The van der Waals surface area contributed by atoms with Crippen molar-refractivity contribution in [1.29, 1.82) is 0 Å². The molecular formula is C13H21N3O. The molecule has 1 rings (SSSR count). The van der Waals surface area contributed by atoms with Gasteiger partial charge in [0, 0.05) is 25.5 Å². The molecular weight excluding hydrogens is 214 g/mol. The van der Waals surface area contributed by atoms with Crippen LogP contribution in [0.25, 0.3) is 0 Å². The summed E-state index contributed by atoms with van der Waals surface area (Å²) in [5.74, 6) is -0.155. The van der Waals surface area contributed by atoms with Gasteiger partial charge in [-0.2, -0.15) is 0 Å². The average molecular weight is 235 g/mol. The van der Waals surface area contributed by atoms with Crippen LogP contribution in [0.1, 0.15) is 20.3 Å². The first-order valence-electron chi connectivity index (χ1n) is 5.74. The summed E-state index contributed by atoms with van der Waals surface area (Å²) in [6.45, 7) is 3.63. The van der Waals surface area contributed by atoms with Crippen molar-refractivity contribution in [3.8, 4) is 0 Å². The van der Waals surface area contributed by atoms with Gasteiger partial charge < -0.3 is 16.0 Å². The predicted octanol–water partition coefficient (Wildman–Crippen LogP) is 1.82. The molecule has 0 saturated carbocycles. The van der Waals surface area contributed by atoms with Crippen molar-refractivity contribution >= 4 is 17.3 Å². The monoisotopic (exact) mass is 235 g/mol. The normalized spacial score (nSPS) is 13.9. The molecule has 0 spiro atoms. The fourth-order valence-electron chi connectivity index (χ4n) is 1.28. The lowest BCUT2D eigenvalue weighted by molar-refractivity contribution is -0.120. The van der Waals surface area contributed by atoms with Gasteiger partial charge >= 0.3 is 0 Å². The summed E-state index contributed by atoms with van der Waals surface area (Å²) in [6, 6.07) is 7.66. The number of amides is 1. The number of benzene rings is 1. The molecule has 1 aromatic rings. The Hall–Kier alpha value is -1.55. The zero-order chi connectivity index (χ0) is 13.1. The molecule has 17 heavy (non-hydrogen) atoms. The molecule has 1 aromatic carbocycles. The predicted molar refractivity (Wildman–Crippen MR) is 72.3 cm³/mol. The first-order valence-corrected chi connectivity index (χ1v) is 5.74. The molecule has 1 unspecified atom stereocenters. The van der Waals surface area contributed by atoms with Gasteiger partial charge in [0.2, 0.25) is 5.91 Å². The number of carbonyl (C=O) groups is 1. The van der Waals surface area contributed by atoms with Gasteiger partial charge in [0.1, 0.15) is 0 Å². The largest absolute Gasteiger partial charge is 0.378 e. The third kappa shape index (κ3) is 3.46. The van der Waals surface area contributed by atoms with Crippen molar-refractivity contribution in [3.05, 3.63) is 24.3 Å². The van der Waals surface area contributed by atoms with E-state index in [9.17, 15) is 4.79 Å². The lowest BCUT2D eigenvalue weighted by atomic mass is 9.99. The minimum atomic E-state index is -0.819. The van der Waals surface area contributed by atoms with E-state index in [1.165, 1.54) is 0 Å². The third-order valence-electron chi connectivity index (χ3n) is 2.89. The molecule has 0 aromatic heterocycles. The maximum Gasteiger partial charge on any atom is 0.244 e. The molecule has 1 atom stereocenters. The minimum absolute atomic E-state index is 0.155.